The Balaban J connectivity index is 2.37. The average Bonchev–Trinajstić information content (AvgIpc) is 2.33. The van der Waals surface area contributed by atoms with Crippen LogP contribution < -0.4 is 11.1 Å². The van der Waals surface area contributed by atoms with E-state index in [1.165, 1.54) is 0 Å². The predicted molar refractivity (Wildman–Crippen MR) is 68.4 cm³/mol. The van der Waals surface area contributed by atoms with E-state index in [1.54, 1.807) is 18.3 Å². The molecule has 1 atom stereocenters. The van der Waals surface area contributed by atoms with Crippen molar-refractivity contribution in [3.8, 4) is 0 Å². The molecular formula is C11H17N3O3S. The molecule has 0 aliphatic heterocycles. The Morgan fingerprint density at radius 1 is 1.50 bits per heavy atom. The van der Waals surface area contributed by atoms with Gasteiger partial charge in [-0.15, -0.1) is 0 Å². The van der Waals surface area contributed by atoms with Crippen molar-refractivity contribution in [2.75, 3.05) is 12.0 Å². The minimum atomic E-state index is -3.09. The Morgan fingerprint density at radius 3 is 2.78 bits per heavy atom. The molecule has 1 heterocycles. The van der Waals surface area contributed by atoms with Crippen LogP contribution in [0.15, 0.2) is 24.4 Å². The fourth-order valence-corrected chi connectivity index (χ4v) is 1.97. The number of nitrogens with two attached hydrogens (primary N) is 1. The summed E-state index contributed by atoms with van der Waals surface area (Å²) < 4.78 is 21.9. The molecule has 0 bridgehead atoms. The summed E-state index contributed by atoms with van der Waals surface area (Å²) in [6.07, 6.45) is 2.86. The fraction of sp³-hybridized carbons (Fsp3) is 0.455. The van der Waals surface area contributed by atoms with Crippen LogP contribution >= 0.6 is 0 Å². The topological polar surface area (TPSA) is 102 Å². The number of carbonyl (C=O) groups is 1. The van der Waals surface area contributed by atoms with Crippen molar-refractivity contribution < 1.29 is 13.2 Å². The van der Waals surface area contributed by atoms with Gasteiger partial charge in [0.15, 0.2) is 0 Å². The third-order valence-corrected chi connectivity index (χ3v) is 3.28. The second-order valence-corrected chi connectivity index (χ2v) is 6.32. The van der Waals surface area contributed by atoms with E-state index >= 15 is 0 Å². The molecule has 6 nitrogen and oxygen atoms in total. The summed E-state index contributed by atoms with van der Waals surface area (Å²) in [4.78, 5) is 15.6. The highest BCUT2D eigenvalue weighted by Crippen LogP contribution is 1.96. The molecular weight excluding hydrogens is 254 g/mol. The second-order valence-electron chi connectivity index (χ2n) is 4.06. The van der Waals surface area contributed by atoms with Crippen LogP contribution in [0.1, 0.15) is 12.1 Å². The number of hydrogen-bond acceptors (Lipinski definition) is 5. The van der Waals surface area contributed by atoms with Crippen LogP contribution in [-0.4, -0.2) is 37.4 Å². The van der Waals surface area contributed by atoms with Crippen LogP contribution in [0.5, 0.6) is 0 Å². The number of nitrogens with one attached hydrogen (secondary N) is 1. The third-order valence-electron chi connectivity index (χ3n) is 2.31. The molecule has 1 unspecified atom stereocenters. The largest absolute Gasteiger partial charge is 0.349 e. The molecule has 1 aromatic rings. The number of carbonyl (C=O) groups excluding carboxylic acids is 1. The van der Waals surface area contributed by atoms with Gasteiger partial charge in [-0.1, -0.05) is 6.07 Å². The molecule has 0 aliphatic carbocycles. The average molecular weight is 271 g/mol. The second kappa shape index (κ2) is 6.46. The van der Waals surface area contributed by atoms with Gasteiger partial charge in [0.1, 0.15) is 9.84 Å². The van der Waals surface area contributed by atoms with Gasteiger partial charge in [0.2, 0.25) is 5.91 Å². The molecule has 1 amide bonds. The van der Waals surface area contributed by atoms with E-state index < -0.39 is 15.9 Å². The molecule has 100 valence electrons. The lowest BCUT2D eigenvalue weighted by atomic mass is 10.2. The molecule has 0 radical (unpaired) electrons. The Hall–Kier alpha value is -1.47. The van der Waals surface area contributed by atoms with Crippen LogP contribution in [0.25, 0.3) is 0 Å². The van der Waals surface area contributed by atoms with Gasteiger partial charge in [-0.3, -0.25) is 9.78 Å². The summed E-state index contributed by atoms with van der Waals surface area (Å²) in [5, 5.41) is 2.61. The quantitative estimate of drug-likeness (QED) is 0.723. The van der Waals surface area contributed by atoms with E-state index in [0.717, 1.165) is 11.9 Å². The van der Waals surface area contributed by atoms with Gasteiger partial charge in [-0.2, -0.15) is 0 Å². The number of hydrogen-bond donors (Lipinski definition) is 2. The molecule has 0 aromatic carbocycles. The van der Waals surface area contributed by atoms with Gasteiger partial charge >= 0.3 is 0 Å². The molecule has 0 saturated carbocycles. The number of nitrogens with zero attached hydrogens (tertiary/aromatic N) is 1. The molecule has 0 fully saturated rings. The predicted octanol–water partition coefficient (Wildman–Crippen LogP) is -0.540. The van der Waals surface area contributed by atoms with Gasteiger partial charge in [0.25, 0.3) is 0 Å². The van der Waals surface area contributed by atoms with Crippen molar-refractivity contribution >= 4 is 15.7 Å². The Morgan fingerprint density at radius 2 is 2.22 bits per heavy atom. The number of amides is 1. The fourth-order valence-electron chi connectivity index (χ4n) is 1.28. The molecule has 0 spiro atoms. The van der Waals surface area contributed by atoms with E-state index in [2.05, 4.69) is 10.3 Å². The molecule has 0 saturated heterocycles. The number of rotatable bonds is 6. The highest BCUT2D eigenvalue weighted by molar-refractivity contribution is 7.90. The first kappa shape index (κ1) is 14.6. The first-order chi connectivity index (χ1) is 8.38. The zero-order valence-electron chi connectivity index (χ0n) is 10.2. The van der Waals surface area contributed by atoms with Crippen LogP contribution in [0.4, 0.5) is 0 Å². The monoisotopic (exact) mass is 271 g/mol. The number of aromatic nitrogens is 1. The molecule has 1 rings (SSSR count). The van der Waals surface area contributed by atoms with Crippen LogP contribution in [-0.2, 0) is 21.2 Å². The first-order valence-corrected chi connectivity index (χ1v) is 7.55. The minimum Gasteiger partial charge on any atom is -0.349 e. The van der Waals surface area contributed by atoms with Gasteiger partial charge in [0, 0.05) is 12.5 Å². The van der Waals surface area contributed by atoms with Crippen molar-refractivity contribution in [2.24, 2.45) is 5.73 Å². The lowest BCUT2D eigenvalue weighted by Crippen LogP contribution is -2.41. The van der Waals surface area contributed by atoms with Crippen molar-refractivity contribution in [1.82, 2.24) is 10.3 Å². The highest BCUT2D eigenvalue weighted by atomic mass is 32.2. The van der Waals surface area contributed by atoms with Crippen LogP contribution in [0.3, 0.4) is 0 Å². The van der Waals surface area contributed by atoms with E-state index in [1.807, 2.05) is 6.07 Å². The third kappa shape index (κ3) is 5.74. The molecule has 1 aromatic heterocycles. The van der Waals surface area contributed by atoms with Gasteiger partial charge in [-0.05, 0) is 18.6 Å². The Bertz CT molecular complexity index is 488. The van der Waals surface area contributed by atoms with Gasteiger partial charge in [0.05, 0.1) is 24.0 Å². The van der Waals surface area contributed by atoms with E-state index in [4.69, 9.17) is 5.73 Å². The van der Waals surface area contributed by atoms with Crippen molar-refractivity contribution in [3.05, 3.63) is 30.1 Å². The van der Waals surface area contributed by atoms with E-state index in [9.17, 15) is 13.2 Å². The standard InChI is InChI=1S/C11H17N3O3S/c1-18(16,17)7-5-10(12)11(15)14-8-9-4-2-3-6-13-9/h2-4,6,10H,5,7-8,12H2,1H3,(H,14,15). The maximum Gasteiger partial charge on any atom is 0.237 e. The van der Waals surface area contributed by atoms with Crippen molar-refractivity contribution in [1.29, 1.82) is 0 Å². The minimum absolute atomic E-state index is 0.0921. The SMILES string of the molecule is CS(=O)(=O)CCC(N)C(=O)NCc1ccccn1. The maximum atomic E-state index is 11.6. The number of sulfone groups is 1. The summed E-state index contributed by atoms with van der Waals surface area (Å²) >= 11 is 0. The van der Waals surface area contributed by atoms with Gasteiger partial charge < -0.3 is 11.1 Å². The Kier molecular flexibility index (Phi) is 5.24. The Labute approximate surface area is 107 Å². The zero-order chi connectivity index (χ0) is 13.6. The maximum absolute atomic E-state index is 11.6. The lowest BCUT2D eigenvalue weighted by Gasteiger charge is -2.11. The van der Waals surface area contributed by atoms with Crippen molar-refractivity contribution in [2.45, 2.75) is 19.0 Å². The summed E-state index contributed by atoms with van der Waals surface area (Å²) in [5.41, 5.74) is 6.31. The normalized spacial score (nSPS) is 13.0. The van der Waals surface area contributed by atoms with Crippen LogP contribution in [0.2, 0.25) is 0 Å². The van der Waals surface area contributed by atoms with Gasteiger partial charge in [-0.25, -0.2) is 8.42 Å². The first-order valence-electron chi connectivity index (χ1n) is 5.49. The molecule has 18 heavy (non-hydrogen) atoms. The number of pyridine rings is 1. The molecule has 7 heteroatoms. The summed E-state index contributed by atoms with van der Waals surface area (Å²) in [7, 11) is -3.09. The van der Waals surface area contributed by atoms with Crippen LogP contribution in [0, 0.1) is 0 Å². The summed E-state index contributed by atoms with van der Waals surface area (Å²) in [6, 6.07) is 4.56. The van der Waals surface area contributed by atoms with Crippen molar-refractivity contribution in [3.63, 3.8) is 0 Å². The summed E-state index contributed by atoms with van der Waals surface area (Å²) in [5.74, 6) is -0.463. The van der Waals surface area contributed by atoms with E-state index in [0.29, 0.717) is 0 Å². The van der Waals surface area contributed by atoms with E-state index in [-0.39, 0.29) is 24.6 Å². The zero-order valence-corrected chi connectivity index (χ0v) is 11.0. The summed E-state index contributed by atoms with van der Waals surface area (Å²) in [6.45, 7) is 0.284. The smallest absolute Gasteiger partial charge is 0.237 e. The molecule has 3 N–H and O–H groups in total. The molecule has 0 aliphatic rings. The highest BCUT2D eigenvalue weighted by Gasteiger charge is 2.15. The lowest BCUT2D eigenvalue weighted by molar-refractivity contribution is -0.122.